The summed E-state index contributed by atoms with van der Waals surface area (Å²) in [6.07, 6.45) is 0.312. The first kappa shape index (κ1) is 20.9. The van der Waals surface area contributed by atoms with E-state index < -0.39 is 0 Å². The van der Waals surface area contributed by atoms with Crippen molar-refractivity contribution in [3.8, 4) is 11.5 Å². The number of ether oxygens (including phenoxy) is 2. The third-order valence-electron chi connectivity index (χ3n) is 4.15. The fourth-order valence-electron chi connectivity index (χ4n) is 2.77. The SMILES string of the molecule is COc1cc(NCCC(=O)Nc2ccccc2C(C)(C)C)c(OC)cc1Cl. The van der Waals surface area contributed by atoms with E-state index in [0.717, 1.165) is 16.9 Å². The molecule has 0 aliphatic rings. The van der Waals surface area contributed by atoms with Crippen molar-refractivity contribution < 1.29 is 14.3 Å². The average Bonchev–Trinajstić information content (AvgIpc) is 2.62. The molecule has 1 amide bonds. The average molecular weight is 391 g/mol. The largest absolute Gasteiger partial charge is 0.495 e. The topological polar surface area (TPSA) is 59.6 Å². The van der Waals surface area contributed by atoms with Gasteiger partial charge in [0, 0.05) is 30.8 Å². The molecule has 2 aromatic rings. The Kier molecular flexibility index (Phi) is 6.97. The second kappa shape index (κ2) is 9.00. The van der Waals surface area contributed by atoms with Gasteiger partial charge in [0.25, 0.3) is 0 Å². The van der Waals surface area contributed by atoms with Crippen LogP contribution in [-0.2, 0) is 10.2 Å². The Balaban J connectivity index is 2.00. The van der Waals surface area contributed by atoms with Crippen molar-refractivity contribution in [2.45, 2.75) is 32.6 Å². The van der Waals surface area contributed by atoms with Crippen LogP contribution in [0, 0.1) is 0 Å². The molecule has 0 radical (unpaired) electrons. The van der Waals surface area contributed by atoms with Crippen LogP contribution in [0.2, 0.25) is 5.02 Å². The molecule has 0 heterocycles. The van der Waals surface area contributed by atoms with Crippen LogP contribution in [0.3, 0.4) is 0 Å². The number of para-hydroxylation sites is 1. The van der Waals surface area contributed by atoms with E-state index in [4.69, 9.17) is 21.1 Å². The Morgan fingerprint density at radius 1 is 1.04 bits per heavy atom. The molecule has 0 aliphatic heterocycles. The monoisotopic (exact) mass is 390 g/mol. The number of methoxy groups -OCH3 is 2. The molecule has 0 saturated carbocycles. The van der Waals surface area contributed by atoms with Crippen molar-refractivity contribution in [1.29, 1.82) is 0 Å². The lowest BCUT2D eigenvalue weighted by atomic mass is 9.86. The highest BCUT2D eigenvalue weighted by atomic mass is 35.5. The summed E-state index contributed by atoms with van der Waals surface area (Å²) in [6.45, 7) is 6.82. The van der Waals surface area contributed by atoms with Gasteiger partial charge in [0.05, 0.1) is 24.9 Å². The molecule has 2 N–H and O–H groups in total. The summed E-state index contributed by atoms with van der Waals surface area (Å²) in [6, 6.07) is 11.3. The molecule has 0 fully saturated rings. The van der Waals surface area contributed by atoms with Gasteiger partial charge in [-0.25, -0.2) is 0 Å². The zero-order chi connectivity index (χ0) is 20.0. The summed E-state index contributed by atoms with van der Waals surface area (Å²) in [5, 5.41) is 6.68. The molecule has 0 aromatic heterocycles. The molecule has 0 bridgehead atoms. The van der Waals surface area contributed by atoms with Crippen LogP contribution in [-0.4, -0.2) is 26.7 Å². The fraction of sp³-hybridized carbons (Fsp3) is 0.381. The minimum Gasteiger partial charge on any atom is -0.495 e. The van der Waals surface area contributed by atoms with Crippen molar-refractivity contribution in [1.82, 2.24) is 0 Å². The molecule has 2 aromatic carbocycles. The Hall–Kier alpha value is -2.40. The number of hydrogen-bond donors (Lipinski definition) is 2. The lowest BCUT2D eigenvalue weighted by Crippen LogP contribution is -2.20. The van der Waals surface area contributed by atoms with Gasteiger partial charge in [0.1, 0.15) is 11.5 Å². The quantitative estimate of drug-likeness (QED) is 0.690. The Bertz CT molecular complexity index is 800. The highest BCUT2D eigenvalue weighted by Crippen LogP contribution is 2.35. The molecule has 0 aliphatic carbocycles. The normalized spacial score (nSPS) is 11.0. The van der Waals surface area contributed by atoms with Crippen molar-refractivity contribution >= 4 is 28.9 Å². The van der Waals surface area contributed by atoms with E-state index in [1.807, 2.05) is 24.3 Å². The summed E-state index contributed by atoms with van der Waals surface area (Å²) in [5.74, 6) is 1.09. The molecule has 6 heteroatoms. The van der Waals surface area contributed by atoms with Gasteiger partial charge >= 0.3 is 0 Å². The van der Waals surface area contributed by atoms with Crippen LogP contribution in [0.5, 0.6) is 11.5 Å². The summed E-state index contributed by atoms with van der Waals surface area (Å²) < 4.78 is 10.6. The van der Waals surface area contributed by atoms with Crippen LogP contribution in [0.4, 0.5) is 11.4 Å². The van der Waals surface area contributed by atoms with Crippen LogP contribution in [0.25, 0.3) is 0 Å². The van der Waals surface area contributed by atoms with E-state index in [9.17, 15) is 4.79 Å². The highest BCUT2D eigenvalue weighted by Gasteiger charge is 2.18. The number of amides is 1. The summed E-state index contributed by atoms with van der Waals surface area (Å²) in [4.78, 5) is 12.4. The molecule has 27 heavy (non-hydrogen) atoms. The lowest BCUT2D eigenvalue weighted by molar-refractivity contribution is -0.115. The Morgan fingerprint density at radius 2 is 1.70 bits per heavy atom. The smallest absolute Gasteiger partial charge is 0.226 e. The van der Waals surface area contributed by atoms with Gasteiger partial charge in [0.15, 0.2) is 0 Å². The van der Waals surface area contributed by atoms with E-state index in [2.05, 4.69) is 31.4 Å². The number of anilines is 2. The summed E-state index contributed by atoms with van der Waals surface area (Å²) >= 11 is 6.11. The van der Waals surface area contributed by atoms with E-state index >= 15 is 0 Å². The lowest BCUT2D eigenvalue weighted by Gasteiger charge is -2.23. The van der Waals surface area contributed by atoms with Crippen LogP contribution in [0.1, 0.15) is 32.8 Å². The first-order valence-corrected chi connectivity index (χ1v) is 9.18. The molecule has 146 valence electrons. The molecule has 2 rings (SSSR count). The van der Waals surface area contributed by atoms with Crippen LogP contribution >= 0.6 is 11.6 Å². The van der Waals surface area contributed by atoms with Gasteiger partial charge in [-0.15, -0.1) is 0 Å². The second-order valence-electron chi connectivity index (χ2n) is 7.21. The van der Waals surface area contributed by atoms with E-state index in [1.54, 1.807) is 26.4 Å². The number of halogens is 1. The third kappa shape index (κ3) is 5.54. The van der Waals surface area contributed by atoms with Crippen molar-refractivity contribution in [3.63, 3.8) is 0 Å². The van der Waals surface area contributed by atoms with Crippen molar-refractivity contribution in [3.05, 3.63) is 47.0 Å². The molecular formula is C21H27ClN2O3. The summed E-state index contributed by atoms with van der Waals surface area (Å²) in [5.41, 5.74) is 2.63. The van der Waals surface area contributed by atoms with Gasteiger partial charge in [0.2, 0.25) is 5.91 Å². The minimum atomic E-state index is -0.0564. The number of nitrogens with one attached hydrogen (secondary N) is 2. The molecule has 5 nitrogen and oxygen atoms in total. The predicted octanol–water partition coefficient (Wildman–Crippen LogP) is 5.10. The molecule has 0 atom stereocenters. The number of benzene rings is 2. The second-order valence-corrected chi connectivity index (χ2v) is 7.61. The molecular weight excluding hydrogens is 364 g/mol. The fourth-order valence-corrected chi connectivity index (χ4v) is 3.00. The minimum absolute atomic E-state index is 0.0463. The van der Waals surface area contributed by atoms with E-state index in [-0.39, 0.29) is 11.3 Å². The highest BCUT2D eigenvalue weighted by molar-refractivity contribution is 6.32. The maximum Gasteiger partial charge on any atom is 0.226 e. The van der Waals surface area contributed by atoms with Gasteiger partial charge in [-0.3, -0.25) is 4.79 Å². The molecule has 0 unspecified atom stereocenters. The first-order chi connectivity index (χ1) is 12.8. The number of carbonyl (C=O) groups is 1. The van der Waals surface area contributed by atoms with Crippen molar-refractivity contribution in [2.75, 3.05) is 31.4 Å². The number of rotatable bonds is 7. The number of hydrogen-bond acceptors (Lipinski definition) is 4. The maximum atomic E-state index is 12.4. The number of carbonyl (C=O) groups excluding carboxylic acids is 1. The predicted molar refractivity (Wildman–Crippen MR) is 111 cm³/mol. The standard InChI is InChI=1S/C21H27ClN2O3/c1-21(2,3)14-8-6-7-9-16(14)24-20(25)10-11-23-17-13-18(26-4)15(22)12-19(17)27-5/h6-9,12-13,23H,10-11H2,1-5H3,(H,24,25). The van der Waals surface area contributed by atoms with Gasteiger partial charge in [-0.2, -0.15) is 0 Å². The van der Waals surface area contributed by atoms with E-state index in [0.29, 0.717) is 29.5 Å². The zero-order valence-corrected chi connectivity index (χ0v) is 17.2. The summed E-state index contributed by atoms with van der Waals surface area (Å²) in [7, 11) is 3.12. The third-order valence-corrected chi connectivity index (χ3v) is 4.45. The first-order valence-electron chi connectivity index (χ1n) is 8.81. The Morgan fingerprint density at radius 3 is 2.33 bits per heavy atom. The van der Waals surface area contributed by atoms with Gasteiger partial charge in [-0.05, 0) is 17.0 Å². The molecule has 0 spiro atoms. The van der Waals surface area contributed by atoms with Gasteiger partial charge < -0.3 is 20.1 Å². The zero-order valence-electron chi connectivity index (χ0n) is 16.5. The molecule has 0 saturated heterocycles. The maximum absolute atomic E-state index is 12.4. The van der Waals surface area contributed by atoms with Crippen molar-refractivity contribution in [2.24, 2.45) is 0 Å². The van der Waals surface area contributed by atoms with E-state index in [1.165, 1.54) is 0 Å². The van der Waals surface area contributed by atoms with Gasteiger partial charge in [-0.1, -0.05) is 50.6 Å². The van der Waals surface area contributed by atoms with Crippen LogP contribution < -0.4 is 20.1 Å². The van der Waals surface area contributed by atoms with Crippen LogP contribution in [0.15, 0.2) is 36.4 Å². The Labute approximate surface area is 166 Å².